The van der Waals surface area contributed by atoms with Crippen molar-refractivity contribution in [1.82, 2.24) is 16.0 Å². The molecule has 0 aliphatic carbocycles. The van der Waals surface area contributed by atoms with E-state index in [2.05, 4.69) is 16.0 Å². The average molecular weight is 518 g/mol. The number of benzene rings is 2. The lowest BCUT2D eigenvalue weighted by atomic mass is 10.1. The van der Waals surface area contributed by atoms with Gasteiger partial charge in [-0.2, -0.15) is 0 Å². The molecule has 8 N–H and O–H groups in total. The Morgan fingerprint density at radius 2 is 1.24 bits per heavy atom. The Kier molecular flexibility index (Phi) is 10.5. The summed E-state index contributed by atoms with van der Waals surface area (Å²) in [5.74, 6) is -5.73. The molecule has 0 radical (unpaired) electrons. The third-order valence-corrected chi connectivity index (χ3v) is 5.56. The van der Waals surface area contributed by atoms with Crippen molar-refractivity contribution in [3.8, 4) is 23.0 Å². The maximum atomic E-state index is 12.7. The highest BCUT2D eigenvalue weighted by molar-refractivity contribution is 6.00. The molecule has 2 aromatic rings. The third-order valence-electron chi connectivity index (χ3n) is 5.56. The van der Waals surface area contributed by atoms with Gasteiger partial charge in [0.1, 0.15) is 12.1 Å². The zero-order valence-corrected chi connectivity index (χ0v) is 20.2. The summed E-state index contributed by atoms with van der Waals surface area (Å²) < 4.78 is 0. The highest BCUT2D eigenvalue weighted by atomic mass is 16.4. The van der Waals surface area contributed by atoms with Gasteiger partial charge < -0.3 is 41.5 Å². The van der Waals surface area contributed by atoms with Crippen LogP contribution < -0.4 is 16.0 Å². The molecule has 0 spiro atoms. The van der Waals surface area contributed by atoms with Crippen molar-refractivity contribution in [2.75, 3.05) is 6.54 Å². The van der Waals surface area contributed by atoms with E-state index in [1.54, 1.807) is 0 Å². The van der Waals surface area contributed by atoms with E-state index >= 15 is 0 Å². The van der Waals surface area contributed by atoms with Crippen LogP contribution in [0.15, 0.2) is 36.4 Å². The Labute approximate surface area is 212 Å². The van der Waals surface area contributed by atoms with Gasteiger partial charge >= 0.3 is 5.97 Å². The summed E-state index contributed by atoms with van der Waals surface area (Å²) in [6, 6.07) is 5.36. The summed E-state index contributed by atoms with van der Waals surface area (Å²) in [5, 5.41) is 55.7. The largest absolute Gasteiger partial charge is 0.504 e. The lowest BCUT2D eigenvalue weighted by Gasteiger charge is -2.19. The number of phenolic OH excluding ortho intramolecular Hbond substituents is 4. The number of hydrogen-bond donors (Lipinski definition) is 8. The van der Waals surface area contributed by atoms with Crippen LogP contribution in [0.3, 0.4) is 0 Å². The van der Waals surface area contributed by atoms with Crippen molar-refractivity contribution in [2.45, 2.75) is 51.1 Å². The van der Waals surface area contributed by atoms with Gasteiger partial charge in [0.05, 0.1) is 11.1 Å². The van der Waals surface area contributed by atoms with E-state index in [9.17, 15) is 44.7 Å². The van der Waals surface area contributed by atoms with Gasteiger partial charge in [0.25, 0.3) is 11.8 Å². The molecule has 0 aliphatic heterocycles. The summed E-state index contributed by atoms with van der Waals surface area (Å²) in [6.07, 6.45) is 1.81. The lowest BCUT2D eigenvalue weighted by Crippen LogP contribution is -2.47. The first-order valence-corrected chi connectivity index (χ1v) is 11.7. The number of carbonyl (C=O) groups excluding carboxylic acids is 3. The summed E-state index contributed by atoms with van der Waals surface area (Å²) >= 11 is 0. The van der Waals surface area contributed by atoms with E-state index in [-0.39, 0.29) is 30.5 Å². The normalized spacial score (nSPS) is 12.2. The molecule has 0 aliphatic rings. The Balaban J connectivity index is 1.93. The van der Waals surface area contributed by atoms with Gasteiger partial charge in [-0.05, 0) is 43.5 Å². The maximum Gasteiger partial charge on any atom is 0.326 e. The molecule has 2 atom stereocenters. The molecule has 0 heterocycles. The fourth-order valence-corrected chi connectivity index (χ4v) is 3.48. The number of nitrogens with one attached hydrogen (secondary N) is 3. The summed E-state index contributed by atoms with van der Waals surface area (Å²) in [4.78, 5) is 49.2. The van der Waals surface area contributed by atoms with Crippen LogP contribution in [0.25, 0.3) is 0 Å². The number of para-hydroxylation sites is 2. The van der Waals surface area contributed by atoms with Gasteiger partial charge in [0.15, 0.2) is 23.0 Å². The Hall–Kier alpha value is -4.48. The van der Waals surface area contributed by atoms with E-state index in [0.717, 1.165) is 6.42 Å². The number of carboxylic acid groups (broad SMARTS) is 1. The van der Waals surface area contributed by atoms with Crippen LogP contribution in [0.4, 0.5) is 0 Å². The van der Waals surface area contributed by atoms with Crippen molar-refractivity contribution in [3.05, 3.63) is 47.5 Å². The standard InChI is InChI=1S/C25H31N3O9/c1-2-3-9-16(27-22(33)14-7-4-11-18(29)20(14)31)24(35)26-13-6-10-17(25(36)37)28-23(34)15-8-5-12-19(30)21(15)32/h4-5,7-8,11-12,16-17,29-32H,2-3,6,9-10,13H2,1H3,(H,26,35)(H,27,33)(H,28,34)(H,36,37)/t16-,17-/m0/s1. The number of unbranched alkanes of at least 4 members (excludes halogenated alkanes) is 1. The summed E-state index contributed by atoms with van der Waals surface area (Å²) in [6.45, 7) is 1.96. The van der Waals surface area contributed by atoms with Crippen molar-refractivity contribution >= 4 is 23.7 Å². The molecule has 200 valence electrons. The predicted octanol–water partition coefficient (Wildman–Crippen LogP) is 1.58. The Morgan fingerprint density at radius 3 is 1.73 bits per heavy atom. The number of phenols is 4. The fourth-order valence-electron chi connectivity index (χ4n) is 3.48. The molecule has 3 amide bonds. The molecule has 12 heteroatoms. The number of aromatic hydroxyl groups is 4. The van der Waals surface area contributed by atoms with Gasteiger partial charge in [-0.15, -0.1) is 0 Å². The fraction of sp³-hybridized carbons (Fsp3) is 0.360. The number of carboxylic acids is 1. The van der Waals surface area contributed by atoms with E-state index in [1.165, 1.54) is 36.4 Å². The SMILES string of the molecule is CCCC[C@H](NC(=O)c1cccc(O)c1O)C(=O)NCCC[C@H](NC(=O)c1cccc(O)c1O)C(=O)O. The molecule has 2 rings (SSSR count). The quantitative estimate of drug-likeness (QED) is 0.143. The molecule has 12 nitrogen and oxygen atoms in total. The van der Waals surface area contributed by atoms with Crippen LogP contribution in [0.1, 0.15) is 59.7 Å². The molecule has 2 aromatic carbocycles. The van der Waals surface area contributed by atoms with Crippen LogP contribution in [0, 0.1) is 0 Å². The van der Waals surface area contributed by atoms with Crippen molar-refractivity contribution in [3.63, 3.8) is 0 Å². The van der Waals surface area contributed by atoms with E-state index in [1.807, 2.05) is 6.92 Å². The second-order valence-electron chi connectivity index (χ2n) is 8.31. The maximum absolute atomic E-state index is 12.7. The number of hydrogen-bond acceptors (Lipinski definition) is 8. The molecule has 0 aromatic heterocycles. The molecule has 0 fully saturated rings. The molecular formula is C25H31N3O9. The zero-order valence-electron chi connectivity index (χ0n) is 20.2. The predicted molar refractivity (Wildman–Crippen MR) is 131 cm³/mol. The minimum absolute atomic E-state index is 0.0474. The molecule has 0 bridgehead atoms. The van der Waals surface area contributed by atoms with Crippen LogP contribution in [-0.4, -0.2) is 67.9 Å². The Bertz CT molecular complexity index is 1140. The minimum atomic E-state index is -1.32. The lowest BCUT2D eigenvalue weighted by molar-refractivity contribution is -0.139. The molecule has 0 saturated carbocycles. The van der Waals surface area contributed by atoms with Crippen molar-refractivity contribution < 1.29 is 44.7 Å². The average Bonchev–Trinajstić information content (AvgIpc) is 2.86. The zero-order chi connectivity index (χ0) is 27.5. The number of aliphatic carboxylic acids is 1. The summed E-state index contributed by atoms with van der Waals surface area (Å²) in [7, 11) is 0. The summed E-state index contributed by atoms with van der Waals surface area (Å²) in [5.41, 5.74) is -0.473. The van der Waals surface area contributed by atoms with Gasteiger partial charge in [-0.3, -0.25) is 14.4 Å². The van der Waals surface area contributed by atoms with Gasteiger partial charge in [-0.1, -0.05) is 31.9 Å². The first kappa shape index (κ1) is 28.8. The van der Waals surface area contributed by atoms with Crippen LogP contribution >= 0.6 is 0 Å². The monoisotopic (exact) mass is 517 g/mol. The number of carbonyl (C=O) groups is 4. The van der Waals surface area contributed by atoms with Gasteiger partial charge in [-0.25, -0.2) is 4.79 Å². The Morgan fingerprint density at radius 1 is 0.757 bits per heavy atom. The number of amides is 3. The smallest absolute Gasteiger partial charge is 0.326 e. The molecule has 37 heavy (non-hydrogen) atoms. The van der Waals surface area contributed by atoms with E-state index in [0.29, 0.717) is 12.8 Å². The van der Waals surface area contributed by atoms with Crippen molar-refractivity contribution in [1.29, 1.82) is 0 Å². The van der Waals surface area contributed by atoms with E-state index in [4.69, 9.17) is 0 Å². The van der Waals surface area contributed by atoms with Crippen LogP contribution in [-0.2, 0) is 9.59 Å². The van der Waals surface area contributed by atoms with E-state index < -0.39 is 58.8 Å². The topological polar surface area (TPSA) is 206 Å². The minimum Gasteiger partial charge on any atom is -0.504 e. The first-order chi connectivity index (χ1) is 17.6. The second kappa shape index (κ2) is 13.6. The van der Waals surface area contributed by atoms with Crippen molar-refractivity contribution in [2.24, 2.45) is 0 Å². The molecule has 0 saturated heterocycles. The first-order valence-electron chi connectivity index (χ1n) is 11.7. The van der Waals surface area contributed by atoms with Gasteiger partial charge in [0.2, 0.25) is 5.91 Å². The van der Waals surface area contributed by atoms with Crippen LogP contribution in [0.5, 0.6) is 23.0 Å². The second-order valence-corrected chi connectivity index (χ2v) is 8.31. The highest BCUT2D eigenvalue weighted by Gasteiger charge is 2.25. The number of rotatable bonds is 13. The molecule has 0 unspecified atom stereocenters. The van der Waals surface area contributed by atoms with Gasteiger partial charge in [0, 0.05) is 6.54 Å². The third kappa shape index (κ3) is 8.02. The molecular weight excluding hydrogens is 486 g/mol. The highest BCUT2D eigenvalue weighted by Crippen LogP contribution is 2.29. The van der Waals surface area contributed by atoms with Crippen LogP contribution in [0.2, 0.25) is 0 Å².